The molecule has 1 aromatic heterocycles. The van der Waals surface area contributed by atoms with Gasteiger partial charge in [0.25, 0.3) is 0 Å². The smallest absolute Gasteiger partial charge is 0.134 e. The highest BCUT2D eigenvalue weighted by atomic mass is 16.3. The summed E-state index contributed by atoms with van der Waals surface area (Å²) in [5.41, 5.74) is 1.12. The summed E-state index contributed by atoms with van der Waals surface area (Å²) in [5, 5.41) is 12.9. The zero-order valence-electron chi connectivity index (χ0n) is 13.6. The summed E-state index contributed by atoms with van der Waals surface area (Å²) in [6.45, 7) is 4.92. The van der Waals surface area contributed by atoms with Crippen LogP contribution in [0.2, 0.25) is 0 Å². The zero-order chi connectivity index (χ0) is 15.9. The predicted octanol–water partition coefficient (Wildman–Crippen LogP) is 2.88. The van der Waals surface area contributed by atoms with E-state index in [1.807, 2.05) is 30.3 Å². The number of hydrogen-bond donors (Lipinski definition) is 2. The van der Waals surface area contributed by atoms with Gasteiger partial charge in [-0.15, -0.1) is 0 Å². The van der Waals surface area contributed by atoms with Crippen LogP contribution in [-0.4, -0.2) is 42.3 Å². The number of nitrogens with zero attached hydrogens (tertiary/aromatic N) is 1. The standard InChI is InChI=1S/C19H26N2O2/c22-17-9-13-21(14-10-17)12-4-11-20-15-18-7-8-19(23-18)16-5-2-1-3-6-16/h1-3,5-8,17,20,22H,4,9-15H2. The van der Waals surface area contributed by atoms with Crippen LogP contribution in [0.4, 0.5) is 0 Å². The van der Waals surface area contributed by atoms with E-state index in [4.69, 9.17) is 4.42 Å². The maximum atomic E-state index is 9.50. The third-order valence-electron chi connectivity index (χ3n) is 4.40. The van der Waals surface area contributed by atoms with Crippen LogP contribution < -0.4 is 5.32 Å². The van der Waals surface area contributed by atoms with Crippen molar-refractivity contribution in [3.8, 4) is 11.3 Å². The SMILES string of the molecule is OC1CCN(CCCNCc2ccc(-c3ccccc3)o2)CC1. The van der Waals surface area contributed by atoms with E-state index in [9.17, 15) is 5.11 Å². The molecular formula is C19H26N2O2. The van der Waals surface area contributed by atoms with E-state index in [1.54, 1.807) is 0 Å². The number of aliphatic hydroxyl groups excluding tert-OH is 1. The van der Waals surface area contributed by atoms with Crippen molar-refractivity contribution < 1.29 is 9.52 Å². The number of rotatable bonds is 7. The summed E-state index contributed by atoms with van der Waals surface area (Å²) in [6, 6.07) is 14.3. The third kappa shape index (κ3) is 4.93. The molecule has 1 saturated heterocycles. The van der Waals surface area contributed by atoms with Crippen LogP contribution in [0.3, 0.4) is 0 Å². The van der Waals surface area contributed by atoms with E-state index in [1.165, 1.54) is 0 Å². The molecule has 4 heteroatoms. The summed E-state index contributed by atoms with van der Waals surface area (Å²) in [4.78, 5) is 2.44. The number of nitrogens with one attached hydrogen (secondary N) is 1. The van der Waals surface area contributed by atoms with E-state index in [0.29, 0.717) is 0 Å². The highest BCUT2D eigenvalue weighted by Gasteiger charge is 2.15. The quantitative estimate of drug-likeness (QED) is 0.772. The van der Waals surface area contributed by atoms with Gasteiger partial charge in [0.05, 0.1) is 12.6 Å². The average molecular weight is 314 g/mol. The Balaban J connectivity index is 1.34. The molecule has 1 aliphatic rings. The van der Waals surface area contributed by atoms with Crippen molar-refractivity contribution in [3.63, 3.8) is 0 Å². The molecule has 23 heavy (non-hydrogen) atoms. The molecule has 2 heterocycles. The Morgan fingerprint density at radius 2 is 1.87 bits per heavy atom. The first-order chi connectivity index (χ1) is 11.3. The Morgan fingerprint density at radius 1 is 1.09 bits per heavy atom. The van der Waals surface area contributed by atoms with Crippen molar-refractivity contribution in [2.75, 3.05) is 26.2 Å². The van der Waals surface area contributed by atoms with Crippen molar-refractivity contribution in [2.45, 2.75) is 31.9 Å². The molecule has 4 nitrogen and oxygen atoms in total. The topological polar surface area (TPSA) is 48.6 Å². The highest BCUT2D eigenvalue weighted by molar-refractivity contribution is 5.57. The minimum Gasteiger partial charge on any atom is -0.460 e. The lowest BCUT2D eigenvalue weighted by Gasteiger charge is -2.29. The number of likely N-dealkylation sites (tertiary alicyclic amines) is 1. The van der Waals surface area contributed by atoms with Crippen molar-refractivity contribution in [3.05, 3.63) is 48.2 Å². The van der Waals surface area contributed by atoms with Crippen molar-refractivity contribution in [2.24, 2.45) is 0 Å². The van der Waals surface area contributed by atoms with Crippen LogP contribution >= 0.6 is 0 Å². The van der Waals surface area contributed by atoms with E-state index in [-0.39, 0.29) is 6.10 Å². The first kappa shape index (κ1) is 16.2. The Kier molecular flexibility index (Phi) is 5.86. The van der Waals surface area contributed by atoms with Crippen LogP contribution in [0, 0.1) is 0 Å². The summed E-state index contributed by atoms with van der Waals surface area (Å²) in [6.07, 6.45) is 2.88. The van der Waals surface area contributed by atoms with Crippen LogP contribution in [0.15, 0.2) is 46.9 Å². The number of furan rings is 1. The van der Waals surface area contributed by atoms with Gasteiger partial charge in [0.1, 0.15) is 11.5 Å². The molecule has 1 aliphatic heterocycles. The molecular weight excluding hydrogens is 288 g/mol. The van der Waals surface area contributed by atoms with Gasteiger partial charge in [-0.2, -0.15) is 0 Å². The molecule has 0 atom stereocenters. The predicted molar refractivity (Wildman–Crippen MR) is 92.1 cm³/mol. The molecule has 124 valence electrons. The average Bonchev–Trinajstić information content (AvgIpc) is 3.06. The monoisotopic (exact) mass is 314 g/mol. The number of hydrogen-bond acceptors (Lipinski definition) is 4. The molecule has 1 aromatic carbocycles. The lowest BCUT2D eigenvalue weighted by Crippen LogP contribution is -2.37. The third-order valence-corrected chi connectivity index (χ3v) is 4.40. The Labute approximate surface area is 138 Å². The number of piperidine rings is 1. The van der Waals surface area contributed by atoms with Gasteiger partial charge in [-0.1, -0.05) is 30.3 Å². The lowest BCUT2D eigenvalue weighted by molar-refractivity contribution is 0.0821. The molecule has 0 radical (unpaired) electrons. The Hall–Kier alpha value is -1.62. The second kappa shape index (κ2) is 8.29. The van der Waals surface area contributed by atoms with Crippen LogP contribution in [0.25, 0.3) is 11.3 Å². The maximum Gasteiger partial charge on any atom is 0.134 e. The normalized spacial score (nSPS) is 16.7. The Bertz CT molecular complexity index is 574. The summed E-state index contributed by atoms with van der Waals surface area (Å²) >= 11 is 0. The van der Waals surface area contributed by atoms with Gasteiger partial charge in [0, 0.05) is 18.7 Å². The number of benzene rings is 1. The second-order valence-electron chi connectivity index (χ2n) is 6.24. The van der Waals surface area contributed by atoms with Gasteiger partial charge in [-0.25, -0.2) is 0 Å². The molecule has 2 N–H and O–H groups in total. The summed E-state index contributed by atoms with van der Waals surface area (Å²) in [7, 11) is 0. The van der Waals surface area contributed by atoms with E-state index in [2.05, 4.69) is 22.3 Å². The number of aliphatic hydroxyl groups is 1. The second-order valence-corrected chi connectivity index (χ2v) is 6.24. The molecule has 0 bridgehead atoms. The first-order valence-corrected chi connectivity index (χ1v) is 8.56. The lowest BCUT2D eigenvalue weighted by atomic mass is 10.1. The van der Waals surface area contributed by atoms with E-state index in [0.717, 1.165) is 69.1 Å². The van der Waals surface area contributed by atoms with Crippen molar-refractivity contribution in [1.82, 2.24) is 10.2 Å². The molecule has 3 rings (SSSR count). The van der Waals surface area contributed by atoms with Crippen molar-refractivity contribution >= 4 is 0 Å². The fraction of sp³-hybridized carbons (Fsp3) is 0.474. The van der Waals surface area contributed by atoms with Crippen LogP contribution in [0.5, 0.6) is 0 Å². The molecule has 1 fully saturated rings. The Morgan fingerprint density at radius 3 is 2.65 bits per heavy atom. The molecule has 0 amide bonds. The molecule has 0 aliphatic carbocycles. The molecule has 0 spiro atoms. The van der Waals surface area contributed by atoms with E-state index < -0.39 is 0 Å². The minimum atomic E-state index is -0.0814. The highest BCUT2D eigenvalue weighted by Crippen LogP contribution is 2.21. The molecule has 0 unspecified atom stereocenters. The van der Waals surface area contributed by atoms with Gasteiger partial charge in [-0.3, -0.25) is 0 Å². The van der Waals surface area contributed by atoms with Gasteiger partial charge in [-0.05, 0) is 44.5 Å². The van der Waals surface area contributed by atoms with Gasteiger partial charge in [0.2, 0.25) is 0 Å². The summed E-state index contributed by atoms with van der Waals surface area (Å²) < 4.78 is 5.88. The zero-order valence-corrected chi connectivity index (χ0v) is 13.6. The fourth-order valence-corrected chi connectivity index (χ4v) is 3.01. The van der Waals surface area contributed by atoms with Crippen molar-refractivity contribution in [1.29, 1.82) is 0 Å². The van der Waals surface area contributed by atoms with Gasteiger partial charge >= 0.3 is 0 Å². The molecule has 2 aromatic rings. The summed E-state index contributed by atoms with van der Waals surface area (Å²) in [5.74, 6) is 1.90. The maximum absolute atomic E-state index is 9.50. The van der Waals surface area contributed by atoms with Gasteiger partial charge < -0.3 is 19.7 Å². The minimum absolute atomic E-state index is 0.0814. The van der Waals surface area contributed by atoms with Crippen LogP contribution in [0.1, 0.15) is 25.0 Å². The first-order valence-electron chi connectivity index (χ1n) is 8.56. The van der Waals surface area contributed by atoms with E-state index >= 15 is 0 Å². The van der Waals surface area contributed by atoms with Gasteiger partial charge in [0.15, 0.2) is 0 Å². The van der Waals surface area contributed by atoms with Crippen LogP contribution in [-0.2, 0) is 6.54 Å². The molecule has 0 saturated carbocycles. The largest absolute Gasteiger partial charge is 0.460 e. The fourth-order valence-electron chi connectivity index (χ4n) is 3.01.